The molecule has 0 saturated carbocycles. The molecule has 0 spiro atoms. The number of carbonyl (C=O) groups excluding carboxylic acids is 1. The largest absolute Gasteiger partial charge is 0.380 e. The molecule has 1 aromatic heterocycles. The van der Waals surface area contributed by atoms with Gasteiger partial charge in [0.1, 0.15) is 0 Å². The number of methoxy groups -OCH3 is 1. The summed E-state index contributed by atoms with van der Waals surface area (Å²) in [6.45, 7) is 0.524. The zero-order valence-corrected chi connectivity index (χ0v) is 11.7. The zero-order chi connectivity index (χ0) is 14.7. The molecular weight excluding hydrogens is 264 g/mol. The first-order valence-electron chi connectivity index (χ1n) is 6.73. The van der Waals surface area contributed by atoms with Crippen molar-refractivity contribution in [1.82, 2.24) is 4.98 Å². The zero-order valence-electron chi connectivity index (χ0n) is 11.7. The van der Waals surface area contributed by atoms with Crippen molar-refractivity contribution in [2.75, 3.05) is 12.4 Å². The number of ether oxygens (including phenoxy) is 1. The summed E-state index contributed by atoms with van der Waals surface area (Å²) >= 11 is 0. The summed E-state index contributed by atoms with van der Waals surface area (Å²) in [5.74, 6) is -0.127. The van der Waals surface area contributed by atoms with Crippen molar-refractivity contribution in [2.24, 2.45) is 0 Å². The number of carbonyl (C=O) groups is 1. The molecule has 2 aromatic carbocycles. The Balaban J connectivity index is 1.86. The fourth-order valence-electron chi connectivity index (χ4n) is 2.38. The Morgan fingerprint density at radius 2 is 2.05 bits per heavy atom. The smallest absolute Gasteiger partial charge is 0.257 e. The highest BCUT2D eigenvalue weighted by Crippen LogP contribution is 2.19. The van der Waals surface area contributed by atoms with Gasteiger partial charge in [-0.25, -0.2) is 0 Å². The van der Waals surface area contributed by atoms with Crippen LogP contribution in [0.3, 0.4) is 0 Å². The predicted molar refractivity (Wildman–Crippen MR) is 83.4 cm³/mol. The van der Waals surface area contributed by atoms with Crippen LogP contribution in [0.2, 0.25) is 0 Å². The molecule has 1 amide bonds. The molecule has 2 N–H and O–H groups in total. The Morgan fingerprint density at radius 3 is 2.90 bits per heavy atom. The molecule has 0 saturated heterocycles. The van der Waals surface area contributed by atoms with Gasteiger partial charge >= 0.3 is 0 Å². The number of aromatic amines is 1. The van der Waals surface area contributed by atoms with Crippen LogP contribution in [0.25, 0.3) is 10.9 Å². The molecule has 4 heteroatoms. The predicted octanol–water partition coefficient (Wildman–Crippen LogP) is 3.57. The first-order valence-corrected chi connectivity index (χ1v) is 6.73. The van der Waals surface area contributed by atoms with Gasteiger partial charge in [-0.05, 0) is 29.8 Å². The van der Waals surface area contributed by atoms with Crippen LogP contribution < -0.4 is 5.32 Å². The third kappa shape index (κ3) is 2.80. The van der Waals surface area contributed by atoms with E-state index in [1.54, 1.807) is 7.11 Å². The molecule has 0 bridgehead atoms. The van der Waals surface area contributed by atoms with Crippen LogP contribution in [-0.2, 0) is 11.3 Å². The molecule has 0 fully saturated rings. The van der Waals surface area contributed by atoms with Gasteiger partial charge in [0.2, 0.25) is 0 Å². The molecular formula is C17H16N2O2. The number of anilines is 1. The number of benzene rings is 2. The van der Waals surface area contributed by atoms with Crippen LogP contribution in [-0.4, -0.2) is 18.0 Å². The number of nitrogens with one attached hydrogen (secondary N) is 2. The molecule has 0 unspecified atom stereocenters. The van der Waals surface area contributed by atoms with Crippen molar-refractivity contribution in [1.29, 1.82) is 0 Å². The Kier molecular flexibility index (Phi) is 3.71. The van der Waals surface area contributed by atoms with Gasteiger partial charge < -0.3 is 15.0 Å². The highest BCUT2D eigenvalue weighted by Gasteiger charge is 2.11. The standard InChI is InChI=1S/C17H16N2O2/c1-21-11-12-4-2-6-14(10-12)19-17(20)15-7-3-5-13-8-9-18-16(13)15/h2-10,18H,11H2,1H3,(H,19,20). The molecule has 106 valence electrons. The molecule has 4 nitrogen and oxygen atoms in total. The van der Waals surface area contributed by atoms with Crippen LogP contribution >= 0.6 is 0 Å². The minimum Gasteiger partial charge on any atom is -0.380 e. The highest BCUT2D eigenvalue weighted by molar-refractivity contribution is 6.11. The van der Waals surface area contributed by atoms with Gasteiger partial charge in [0.05, 0.1) is 17.7 Å². The lowest BCUT2D eigenvalue weighted by molar-refractivity contribution is 0.102. The van der Waals surface area contributed by atoms with Crippen molar-refractivity contribution >= 4 is 22.5 Å². The molecule has 0 aliphatic carbocycles. The summed E-state index contributed by atoms with van der Waals surface area (Å²) in [5, 5.41) is 3.95. The van der Waals surface area contributed by atoms with E-state index in [-0.39, 0.29) is 5.91 Å². The fourth-order valence-corrected chi connectivity index (χ4v) is 2.38. The molecule has 3 rings (SSSR count). The lowest BCUT2D eigenvalue weighted by Crippen LogP contribution is -2.12. The Morgan fingerprint density at radius 1 is 1.19 bits per heavy atom. The number of hydrogen-bond donors (Lipinski definition) is 2. The number of para-hydroxylation sites is 1. The van der Waals surface area contributed by atoms with E-state index in [4.69, 9.17) is 4.74 Å². The molecule has 3 aromatic rings. The Hall–Kier alpha value is -2.59. The number of fused-ring (bicyclic) bond motifs is 1. The van der Waals surface area contributed by atoms with Crippen molar-refractivity contribution in [3.8, 4) is 0 Å². The van der Waals surface area contributed by atoms with E-state index in [2.05, 4.69) is 10.3 Å². The Bertz CT molecular complexity index is 777. The molecule has 0 atom stereocenters. The number of H-pyrrole nitrogens is 1. The van der Waals surface area contributed by atoms with Gasteiger partial charge in [-0.2, -0.15) is 0 Å². The van der Waals surface area contributed by atoms with Crippen molar-refractivity contribution in [2.45, 2.75) is 6.61 Å². The SMILES string of the molecule is COCc1cccc(NC(=O)c2cccc3cc[nH]c23)c1. The second kappa shape index (κ2) is 5.81. The lowest BCUT2D eigenvalue weighted by Gasteiger charge is -2.08. The van der Waals surface area contributed by atoms with Gasteiger partial charge in [-0.15, -0.1) is 0 Å². The van der Waals surface area contributed by atoms with E-state index in [9.17, 15) is 4.79 Å². The highest BCUT2D eigenvalue weighted by atomic mass is 16.5. The van der Waals surface area contributed by atoms with E-state index in [1.807, 2.05) is 54.7 Å². The first-order chi connectivity index (χ1) is 10.3. The maximum atomic E-state index is 12.4. The van der Waals surface area contributed by atoms with E-state index >= 15 is 0 Å². The van der Waals surface area contributed by atoms with Crippen LogP contribution in [0.5, 0.6) is 0 Å². The van der Waals surface area contributed by atoms with Crippen LogP contribution in [0.1, 0.15) is 15.9 Å². The maximum Gasteiger partial charge on any atom is 0.257 e. The van der Waals surface area contributed by atoms with E-state index in [0.29, 0.717) is 12.2 Å². The third-order valence-corrected chi connectivity index (χ3v) is 3.33. The summed E-state index contributed by atoms with van der Waals surface area (Å²) in [4.78, 5) is 15.5. The van der Waals surface area contributed by atoms with Crippen LogP contribution in [0, 0.1) is 0 Å². The summed E-state index contributed by atoms with van der Waals surface area (Å²) in [6, 6.07) is 15.3. The van der Waals surface area contributed by atoms with Crippen molar-refractivity contribution < 1.29 is 9.53 Å². The molecule has 0 radical (unpaired) electrons. The number of hydrogen-bond acceptors (Lipinski definition) is 2. The summed E-state index contributed by atoms with van der Waals surface area (Å²) in [6.07, 6.45) is 1.83. The monoisotopic (exact) mass is 280 g/mol. The summed E-state index contributed by atoms with van der Waals surface area (Å²) in [5.41, 5.74) is 3.27. The molecule has 0 aliphatic rings. The fraction of sp³-hybridized carbons (Fsp3) is 0.118. The normalized spacial score (nSPS) is 10.7. The minimum absolute atomic E-state index is 0.127. The van der Waals surface area contributed by atoms with E-state index in [1.165, 1.54) is 0 Å². The maximum absolute atomic E-state index is 12.4. The number of rotatable bonds is 4. The second-order valence-corrected chi connectivity index (χ2v) is 4.83. The minimum atomic E-state index is -0.127. The van der Waals surface area contributed by atoms with Crippen molar-refractivity contribution in [3.05, 3.63) is 65.9 Å². The van der Waals surface area contributed by atoms with Gasteiger partial charge in [0.15, 0.2) is 0 Å². The van der Waals surface area contributed by atoms with Crippen LogP contribution in [0.4, 0.5) is 5.69 Å². The van der Waals surface area contributed by atoms with Gasteiger partial charge in [-0.3, -0.25) is 4.79 Å². The number of aromatic nitrogens is 1. The third-order valence-electron chi connectivity index (χ3n) is 3.33. The van der Waals surface area contributed by atoms with Crippen molar-refractivity contribution in [3.63, 3.8) is 0 Å². The first kappa shape index (κ1) is 13.4. The van der Waals surface area contributed by atoms with E-state index < -0.39 is 0 Å². The average molecular weight is 280 g/mol. The summed E-state index contributed by atoms with van der Waals surface area (Å²) in [7, 11) is 1.65. The topological polar surface area (TPSA) is 54.1 Å². The Labute approximate surface area is 122 Å². The number of amides is 1. The van der Waals surface area contributed by atoms with Crippen LogP contribution in [0.15, 0.2) is 54.7 Å². The van der Waals surface area contributed by atoms with Gasteiger partial charge in [-0.1, -0.05) is 24.3 Å². The average Bonchev–Trinajstić information content (AvgIpc) is 2.96. The van der Waals surface area contributed by atoms with Gasteiger partial charge in [0, 0.05) is 24.4 Å². The quantitative estimate of drug-likeness (QED) is 0.767. The molecule has 1 heterocycles. The molecule has 0 aliphatic heterocycles. The lowest BCUT2D eigenvalue weighted by atomic mass is 10.1. The van der Waals surface area contributed by atoms with E-state index in [0.717, 1.165) is 22.2 Å². The van der Waals surface area contributed by atoms with Gasteiger partial charge in [0.25, 0.3) is 5.91 Å². The second-order valence-electron chi connectivity index (χ2n) is 4.83. The molecule has 21 heavy (non-hydrogen) atoms. The summed E-state index contributed by atoms with van der Waals surface area (Å²) < 4.78 is 5.10.